The number of hydrogen-bond acceptors (Lipinski definition) is 4. The molecule has 0 spiro atoms. The number of aryl methyl sites for hydroxylation is 1. The van der Waals surface area contributed by atoms with Crippen LogP contribution in [0.3, 0.4) is 0 Å². The van der Waals surface area contributed by atoms with Crippen molar-refractivity contribution in [3.05, 3.63) is 53.6 Å². The van der Waals surface area contributed by atoms with Crippen LogP contribution in [0.4, 0.5) is 5.69 Å². The first-order chi connectivity index (χ1) is 12.3. The van der Waals surface area contributed by atoms with Crippen molar-refractivity contribution in [3.8, 4) is 5.75 Å². The standard InChI is InChI=1S/C19H23NO5S/c1-2-3-4-5-6-14-7-9-15(10-8-14)20-26(24,25)16-11-12-18(21)17(13-16)19(22)23/h7-13,20-21H,2-6H2,1H3,(H,22,23). The summed E-state index contributed by atoms with van der Waals surface area (Å²) in [6.45, 7) is 2.16. The molecular weight excluding hydrogens is 354 g/mol. The second-order valence-electron chi connectivity index (χ2n) is 6.10. The van der Waals surface area contributed by atoms with Gasteiger partial charge < -0.3 is 10.2 Å². The topological polar surface area (TPSA) is 104 Å². The van der Waals surface area contributed by atoms with E-state index in [1.807, 2.05) is 12.1 Å². The zero-order valence-electron chi connectivity index (χ0n) is 14.6. The van der Waals surface area contributed by atoms with Gasteiger partial charge in [0.05, 0.1) is 4.90 Å². The summed E-state index contributed by atoms with van der Waals surface area (Å²) in [5.41, 5.74) is 1.07. The number of unbranched alkanes of at least 4 members (excludes halogenated alkanes) is 3. The summed E-state index contributed by atoms with van der Waals surface area (Å²) in [5.74, 6) is -1.88. The fraction of sp³-hybridized carbons (Fsp3) is 0.316. The predicted molar refractivity (Wildman–Crippen MR) is 100 cm³/mol. The van der Waals surface area contributed by atoms with Crippen molar-refractivity contribution in [2.24, 2.45) is 0 Å². The van der Waals surface area contributed by atoms with Gasteiger partial charge in [0.15, 0.2) is 0 Å². The Balaban J connectivity index is 2.09. The molecule has 0 atom stereocenters. The van der Waals surface area contributed by atoms with Gasteiger partial charge in [-0.15, -0.1) is 0 Å². The van der Waals surface area contributed by atoms with E-state index in [0.29, 0.717) is 5.69 Å². The van der Waals surface area contributed by atoms with Gasteiger partial charge in [-0.2, -0.15) is 0 Å². The number of phenols is 1. The molecule has 0 amide bonds. The molecule has 0 radical (unpaired) electrons. The van der Waals surface area contributed by atoms with Crippen molar-refractivity contribution >= 4 is 21.7 Å². The first-order valence-corrected chi connectivity index (χ1v) is 10.00. The van der Waals surface area contributed by atoms with Crippen LogP contribution in [0.5, 0.6) is 5.75 Å². The number of aromatic carboxylic acids is 1. The van der Waals surface area contributed by atoms with Gasteiger partial charge in [0.1, 0.15) is 11.3 Å². The van der Waals surface area contributed by atoms with E-state index in [4.69, 9.17) is 5.11 Å². The summed E-state index contributed by atoms with van der Waals surface area (Å²) in [7, 11) is -3.95. The quantitative estimate of drug-likeness (QED) is 0.573. The molecule has 2 rings (SSSR count). The molecule has 140 valence electrons. The number of nitrogens with one attached hydrogen (secondary N) is 1. The smallest absolute Gasteiger partial charge is 0.339 e. The molecule has 0 aliphatic heterocycles. The SMILES string of the molecule is CCCCCCc1ccc(NS(=O)(=O)c2ccc(O)c(C(=O)O)c2)cc1. The number of rotatable bonds is 9. The highest BCUT2D eigenvalue weighted by molar-refractivity contribution is 7.92. The average molecular weight is 377 g/mol. The summed E-state index contributed by atoms with van der Waals surface area (Å²) < 4.78 is 27.3. The zero-order valence-corrected chi connectivity index (χ0v) is 15.4. The van der Waals surface area contributed by atoms with Crippen molar-refractivity contribution in [2.75, 3.05) is 4.72 Å². The summed E-state index contributed by atoms with van der Waals surface area (Å²) in [6, 6.07) is 10.3. The fourth-order valence-corrected chi connectivity index (χ4v) is 3.65. The molecule has 26 heavy (non-hydrogen) atoms. The number of carboxylic acid groups (broad SMARTS) is 1. The van der Waals surface area contributed by atoms with Crippen LogP contribution in [0, 0.1) is 0 Å². The highest BCUT2D eigenvalue weighted by atomic mass is 32.2. The highest BCUT2D eigenvalue weighted by Crippen LogP contribution is 2.23. The Morgan fingerprint density at radius 2 is 1.73 bits per heavy atom. The molecule has 0 saturated heterocycles. The number of aromatic hydroxyl groups is 1. The minimum Gasteiger partial charge on any atom is -0.507 e. The molecule has 0 aliphatic carbocycles. The first kappa shape index (κ1) is 19.8. The van der Waals surface area contributed by atoms with E-state index >= 15 is 0 Å². The third-order valence-electron chi connectivity index (χ3n) is 4.03. The van der Waals surface area contributed by atoms with Crippen molar-refractivity contribution in [2.45, 2.75) is 43.9 Å². The summed E-state index contributed by atoms with van der Waals surface area (Å²) in [6.07, 6.45) is 5.62. The molecule has 0 aliphatic rings. The molecule has 3 N–H and O–H groups in total. The molecule has 0 bridgehead atoms. The van der Waals surface area contributed by atoms with Crippen LogP contribution in [0.2, 0.25) is 0 Å². The third-order valence-corrected chi connectivity index (χ3v) is 5.41. The number of anilines is 1. The summed E-state index contributed by atoms with van der Waals surface area (Å²) in [5, 5.41) is 18.5. The van der Waals surface area contributed by atoms with E-state index in [0.717, 1.165) is 36.6 Å². The van der Waals surface area contributed by atoms with Crippen LogP contribution >= 0.6 is 0 Å². The molecule has 0 aromatic heterocycles. The van der Waals surface area contributed by atoms with Crippen LogP contribution in [-0.4, -0.2) is 24.6 Å². The molecule has 7 heteroatoms. The van der Waals surface area contributed by atoms with E-state index in [9.17, 15) is 18.3 Å². The van der Waals surface area contributed by atoms with E-state index < -0.39 is 27.3 Å². The summed E-state index contributed by atoms with van der Waals surface area (Å²) >= 11 is 0. The van der Waals surface area contributed by atoms with Crippen LogP contribution in [0.1, 0.15) is 48.5 Å². The maximum absolute atomic E-state index is 12.4. The third kappa shape index (κ3) is 5.23. The second-order valence-corrected chi connectivity index (χ2v) is 7.78. The van der Waals surface area contributed by atoms with Crippen LogP contribution in [0.15, 0.2) is 47.4 Å². The zero-order chi connectivity index (χ0) is 19.2. The minimum atomic E-state index is -3.95. The number of sulfonamides is 1. The van der Waals surface area contributed by atoms with Gasteiger partial charge in [-0.05, 0) is 48.7 Å². The lowest BCUT2D eigenvalue weighted by atomic mass is 10.1. The van der Waals surface area contributed by atoms with Crippen LogP contribution < -0.4 is 4.72 Å². The largest absolute Gasteiger partial charge is 0.507 e. The molecule has 2 aromatic carbocycles. The van der Waals surface area contributed by atoms with Crippen molar-refractivity contribution in [1.82, 2.24) is 0 Å². The number of benzene rings is 2. The Labute approximate surface area is 153 Å². The van der Waals surface area contributed by atoms with Gasteiger partial charge in [0.2, 0.25) is 0 Å². The van der Waals surface area contributed by atoms with Crippen molar-refractivity contribution in [1.29, 1.82) is 0 Å². The van der Waals surface area contributed by atoms with Crippen molar-refractivity contribution in [3.63, 3.8) is 0 Å². The van der Waals surface area contributed by atoms with Gasteiger partial charge in [-0.3, -0.25) is 4.72 Å². The Bertz CT molecular complexity index is 860. The fourth-order valence-electron chi connectivity index (χ4n) is 2.56. The summed E-state index contributed by atoms with van der Waals surface area (Å²) in [4.78, 5) is 10.8. The van der Waals surface area contributed by atoms with E-state index in [1.54, 1.807) is 12.1 Å². The van der Waals surface area contributed by atoms with Crippen LogP contribution in [0.25, 0.3) is 0 Å². The predicted octanol–water partition coefficient (Wildman–Crippen LogP) is 4.01. The van der Waals surface area contributed by atoms with Gasteiger partial charge in [-0.1, -0.05) is 38.3 Å². The molecule has 0 fully saturated rings. The first-order valence-electron chi connectivity index (χ1n) is 8.51. The lowest BCUT2D eigenvalue weighted by Gasteiger charge is -2.10. The van der Waals surface area contributed by atoms with Gasteiger partial charge in [-0.25, -0.2) is 13.2 Å². The Kier molecular flexibility index (Phi) is 6.63. The van der Waals surface area contributed by atoms with Gasteiger partial charge in [0, 0.05) is 5.69 Å². The molecule has 6 nitrogen and oxygen atoms in total. The average Bonchev–Trinajstić information content (AvgIpc) is 2.60. The molecule has 0 unspecified atom stereocenters. The second kappa shape index (κ2) is 8.71. The Hall–Kier alpha value is -2.54. The maximum Gasteiger partial charge on any atom is 0.339 e. The van der Waals surface area contributed by atoms with Crippen molar-refractivity contribution < 1.29 is 23.4 Å². The number of hydrogen-bond donors (Lipinski definition) is 3. The normalized spacial score (nSPS) is 11.3. The van der Waals surface area contributed by atoms with Gasteiger partial charge >= 0.3 is 5.97 Å². The minimum absolute atomic E-state index is 0.226. The highest BCUT2D eigenvalue weighted by Gasteiger charge is 2.19. The molecule has 2 aromatic rings. The Morgan fingerprint density at radius 3 is 2.35 bits per heavy atom. The van der Waals surface area contributed by atoms with E-state index in [1.165, 1.54) is 19.3 Å². The van der Waals surface area contributed by atoms with Crippen LogP contribution in [-0.2, 0) is 16.4 Å². The molecular formula is C19H23NO5S. The molecule has 0 heterocycles. The monoisotopic (exact) mass is 377 g/mol. The maximum atomic E-state index is 12.4. The lowest BCUT2D eigenvalue weighted by Crippen LogP contribution is -2.13. The lowest BCUT2D eigenvalue weighted by molar-refractivity contribution is 0.0693. The number of carboxylic acids is 1. The number of carbonyl (C=O) groups is 1. The Morgan fingerprint density at radius 1 is 1.04 bits per heavy atom. The van der Waals surface area contributed by atoms with E-state index in [-0.39, 0.29) is 4.90 Å². The van der Waals surface area contributed by atoms with Gasteiger partial charge in [0.25, 0.3) is 10.0 Å². The van der Waals surface area contributed by atoms with E-state index in [2.05, 4.69) is 11.6 Å². The molecule has 0 saturated carbocycles.